The van der Waals surface area contributed by atoms with Gasteiger partial charge in [-0.05, 0) is 0 Å². The summed E-state index contributed by atoms with van der Waals surface area (Å²) in [5.74, 6) is 0. The molecule has 0 bridgehead atoms. The highest BCUT2D eigenvalue weighted by molar-refractivity contribution is 14.1. The smallest absolute Gasteiger partial charge is 0.102 e. The predicted octanol–water partition coefficient (Wildman–Crippen LogP) is -0.0851. The van der Waals surface area contributed by atoms with Crippen molar-refractivity contribution in [2.24, 2.45) is 5.73 Å². The highest BCUT2D eigenvalue weighted by atomic mass is 127. The minimum absolute atomic E-state index is 0.102. The van der Waals surface area contributed by atoms with Crippen molar-refractivity contribution in [3.05, 3.63) is 0 Å². The van der Waals surface area contributed by atoms with E-state index in [2.05, 4.69) is 22.6 Å². The van der Waals surface area contributed by atoms with Crippen molar-refractivity contribution in [2.45, 2.75) is 22.2 Å². The molecule has 2 aliphatic heterocycles. The van der Waals surface area contributed by atoms with E-state index in [0.717, 1.165) is 6.61 Å². The third-order valence-corrected chi connectivity index (χ3v) is 3.10. The van der Waals surface area contributed by atoms with Crippen molar-refractivity contribution in [3.8, 4) is 0 Å². The summed E-state index contributed by atoms with van der Waals surface area (Å²) in [6.07, 6.45) is 0.428. The third kappa shape index (κ3) is 0.975. The first-order valence-corrected chi connectivity index (χ1v) is 4.66. The standard InChI is InChI=1S/C6H10INO2/c7-3-1-9-6-4(8)2-10-5(3)6/h3-6H,1-2,8H2/t3-,4+,5-,6-/m1/s1. The number of hydrogen-bond donors (Lipinski definition) is 1. The molecule has 2 saturated heterocycles. The van der Waals surface area contributed by atoms with Crippen LogP contribution in [0.2, 0.25) is 0 Å². The average Bonchev–Trinajstić information content (AvgIpc) is 2.41. The Bertz CT molecular complexity index is 128. The molecule has 4 heteroatoms. The molecule has 0 amide bonds. The third-order valence-electron chi connectivity index (χ3n) is 2.03. The SMILES string of the molecule is N[C@H]1CO[C@H]2[C@@H]1OC[C@H]2I. The molecule has 0 aromatic rings. The van der Waals surface area contributed by atoms with Gasteiger partial charge in [-0.15, -0.1) is 0 Å². The lowest BCUT2D eigenvalue weighted by atomic mass is 10.1. The van der Waals surface area contributed by atoms with E-state index in [1.165, 1.54) is 0 Å². The first kappa shape index (κ1) is 7.27. The Morgan fingerprint density at radius 3 is 2.60 bits per heavy atom. The van der Waals surface area contributed by atoms with Crippen molar-refractivity contribution in [2.75, 3.05) is 13.2 Å². The van der Waals surface area contributed by atoms with Gasteiger partial charge in [-0.25, -0.2) is 0 Å². The summed E-state index contributed by atoms with van der Waals surface area (Å²) in [6.45, 7) is 1.46. The largest absolute Gasteiger partial charge is 0.373 e. The Morgan fingerprint density at radius 2 is 1.90 bits per heavy atom. The molecule has 2 aliphatic rings. The second kappa shape index (κ2) is 2.58. The van der Waals surface area contributed by atoms with Crippen molar-refractivity contribution >= 4 is 22.6 Å². The molecule has 0 aromatic carbocycles. The molecule has 0 aromatic heterocycles. The quantitative estimate of drug-likeness (QED) is 0.486. The maximum Gasteiger partial charge on any atom is 0.102 e. The van der Waals surface area contributed by atoms with Gasteiger partial charge >= 0.3 is 0 Å². The highest BCUT2D eigenvalue weighted by Crippen LogP contribution is 2.30. The van der Waals surface area contributed by atoms with Gasteiger partial charge in [0.25, 0.3) is 0 Å². The van der Waals surface area contributed by atoms with Crippen molar-refractivity contribution < 1.29 is 9.47 Å². The van der Waals surface area contributed by atoms with Gasteiger partial charge in [0.05, 0.1) is 29.3 Å². The van der Waals surface area contributed by atoms with Gasteiger partial charge in [-0.3, -0.25) is 0 Å². The molecule has 0 saturated carbocycles. The number of ether oxygens (including phenoxy) is 2. The summed E-state index contributed by atoms with van der Waals surface area (Å²) in [6, 6.07) is 0.102. The molecule has 0 radical (unpaired) electrons. The molecular formula is C6H10INO2. The lowest BCUT2D eigenvalue weighted by Gasteiger charge is -2.10. The first-order valence-electron chi connectivity index (χ1n) is 3.42. The molecule has 0 spiro atoms. The van der Waals surface area contributed by atoms with E-state index in [0.29, 0.717) is 10.5 Å². The molecular weight excluding hydrogens is 245 g/mol. The molecule has 10 heavy (non-hydrogen) atoms. The summed E-state index contributed by atoms with van der Waals surface area (Å²) in [5.41, 5.74) is 5.73. The van der Waals surface area contributed by atoms with Gasteiger partial charge < -0.3 is 15.2 Å². The van der Waals surface area contributed by atoms with Crippen molar-refractivity contribution in [3.63, 3.8) is 0 Å². The van der Waals surface area contributed by atoms with E-state index >= 15 is 0 Å². The molecule has 2 rings (SSSR count). The van der Waals surface area contributed by atoms with Gasteiger partial charge in [-0.1, -0.05) is 22.6 Å². The summed E-state index contributed by atoms with van der Waals surface area (Å²) < 4.78 is 11.4. The van der Waals surface area contributed by atoms with Crippen LogP contribution in [-0.2, 0) is 9.47 Å². The molecule has 2 N–H and O–H groups in total. The molecule has 3 nitrogen and oxygen atoms in total. The molecule has 0 aliphatic carbocycles. The lowest BCUT2D eigenvalue weighted by Crippen LogP contribution is -2.35. The Labute approximate surface area is 73.4 Å². The Hall–Kier alpha value is 0.610. The summed E-state index contributed by atoms with van der Waals surface area (Å²) in [5, 5.41) is 0. The summed E-state index contributed by atoms with van der Waals surface area (Å²) in [7, 11) is 0. The number of fused-ring (bicyclic) bond motifs is 1. The number of nitrogens with two attached hydrogens (primary N) is 1. The average molecular weight is 255 g/mol. The van der Waals surface area contributed by atoms with Crippen LogP contribution in [0.15, 0.2) is 0 Å². The summed E-state index contributed by atoms with van der Waals surface area (Å²) >= 11 is 2.35. The maximum absolute atomic E-state index is 5.73. The molecule has 4 atom stereocenters. The van der Waals surface area contributed by atoms with Crippen molar-refractivity contribution in [1.82, 2.24) is 0 Å². The number of rotatable bonds is 0. The fourth-order valence-electron chi connectivity index (χ4n) is 1.48. The van der Waals surface area contributed by atoms with Gasteiger partial charge in [0.15, 0.2) is 0 Å². The number of alkyl halides is 1. The Morgan fingerprint density at radius 1 is 1.20 bits per heavy atom. The molecule has 2 fully saturated rings. The van der Waals surface area contributed by atoms with E-state index < -0.39 is 0 Å². The van der Waals surface area contributed by atoms with E-state index in [4.69, 9.17) is 15.2 Å². The predicted molar refractivity (Wildman–Crippen MR) is 45.3 cm³/mol. The number of halogens is 1. The van der Waals surface area contributed by atoms with E-state index in [9.17, 15) is 0 Å². The fraction of sp³-hybridized carbons (Fsp3) is 1.00. The van der Waals surface area contributed by atoms with Crippen LogP contribution in [0.5, 0.6) is 0 Å². The van der Waals surface area contributed by atoms with Crippen LogP contribution in [0.1, 0.15) is 0 Å². The van der Waals surface area contributed by atoms with Gasteiger partial charge in [-0.2, -0.15) is 0 Å². The molecule has 0 unspecified atom stereocenters. The lowest BCUT2D eigenvalue weighted by molar-refractivity contribution is 0.0717. The van der Waals surface area contributed by atoms with Crippen LogP contribution in [-0.4, -0.2) is 35.4 Å². The van der Waals surface area contributed by atoms with Crippen LogP contribution >= 0.6 is 22.6 Å². The number of hydrogen-bond acceptors (Lipinski definition) is 3. The highest BCUT2D eigenvalue weighted by Gasteiger charge is 2.44. The van der Waals surface area contributed by atoms with Gasteiger partial charge in [0, 0.05) is 0 Å². The molecule has 58 valence electrons. The fourth-order valence-corrected chi connectivity index (χ4v) is 2.31. The van der Waals surface area contributed by atoms with Crippen LogP contribution < -0.4 is 5.73 Å². The Balaban J connectivity index is 2.09. The minimum Gasteiger partial charge on any atom is -0.373 e. The van der Waals surface area contributed by atoms with E-state index in [-0.39, 0.29) is 18.2 Å². The van der Waals surface area contributed by atoms with Crippen molar-refractivity contribution in [1.29, 1.82) is 0 Å². The zero-order valence-electron chi connectivity index (χ0n) is 5.50. The second-order valence-electron chi connectivity index (χ2n) is 2.78. The van der Waals surface area contributed by atoms with Gasteiger partial charge in [0.2, 0.25) is 0 Å². The zero-order chi connectivity index (χ0) is 7.14. The maximum atomic E-state index is 5.73. The normalized spacial score (nSPS) is 53.4. The van der Waals surface area contributed by atoms with Gasteiger partial charge in [0.1, 0.15) is 6.10 Å². The van der Waals surface area contributed by atoms with Crippen LogP contribution in [0.4, 0.5) is 0 Å². The first-order chi connectivity index (χ1) is 4.79. The Kier molecular flexibility index (Phi) is 1.88. The van der Waals surface area contributed by atoms with Crippen LogP contribution in [0.3, 0.4) is 0 Å². The van der Waals surface area contributed by atoms with Crippen LogP contribution in [0.25, 0.3) is 0 Å². The van der Waals surface area contributed by atoms with E-state index in [1.54, 1.807) is 0 Å². The minimum atomic E-state index is 0.102. The monoisotopic (exact) mass is 255 g/mol. The second-order valence-corrected chi connectivity index (χ2v) is 4.38. The summed E-state index contributed by atoms with van der Waals surface area (Å²) in [4.78, 5) is 0. The topological polar surface area (TPSA) is 44.5 Å². The zero-order valence-corrected chi connectivity index (χ0v) is 7.65. The van der Waals surface area contributed by atoms with E-state index in [1.807, 2.05) is 0 Å². The molecule has 2 heterocycles. The van der Waals surface area contributed by atoms with Crippen LogP contribution in [0, 0.1) is 0 Å².